The molecule has 16 nitrogen and oxygen atoms in total. The molecule has 100 heavy (non-hydrogen) atoms. The Bertz CT molecular complexity index is 3680. The number of nitrogens with zero attached hydrogens (tertiary/aromatic N) is 6. The quantitative estimate of drug-likeness (QED) is 0.0394. The van der Waals surface area contributed by atoms with Crippen LogP contribution >= 0.6 is 48.6 Å². The van der Waals surface area contributed by atoms with Crippen molar-refractivity contribution in [2.75, 3.05) is 117 Å². The Morgan fingerprint density at radius 1 is 0.690 bits per heavy atom. The summed E-state index contributed by atoms with van der Waals surface area (Å²) < 4.78 is 116. The van der Waals surface area contributed by atoms with Crippen LogP contribution in [0, 0.1) is 12.7 Å². The molecule has 0 radical (unpaired) electrons. The first kappa shape index (κ1) is 80.3. The minimum atomic E-state index is -5.15. The molecular formula is C73H88Cl3F7N8O8S. The second-order valence-corrected chi connectivity index (χ2v) is 27.1. The SMILES string of the molecule is Cc1cc(NCCCCCC(=O)N(C)CCN2CCC(OC(=O)Nc3ccccc3-c3ccccc3)CC2)sc1C(=O)N(C)CCCN(C)C(=O)CO[C@H]1Cc2ccccc2C12CCN(CC[C@]1(c3ccc(F)cc3)CN(C(=O)c3cc(C(F)(F)F)cc(C(F)(F)F)c3)CO1)CC2.Cl.Cl.Cl. The minimum absolute atomic E-state index is 0. The van der Waals surface area contributed by atoms with E-state index in [9.17, 15) is 54.7 Å². The number of alkyl halides is 6. The summed E-state index contributed by atoms with van der Waals surface area (Å²) in [5.74, 6) is -1.78. The molecule has 4 aliphatic rings. The summed E-state index contributed by atoms with van der Waals surface area (Å²) in [6, 6.07) is 33.9. The molecule has 5 amide bonds. The maximum absolute atomic E-state index is 14.3. The zero-order chi connectivity index (χ0) is 69.1. The van der Waals surface area contributed by atoms with Gasteiger partial charge >= 0.3 is 18.4 Å². The highest BCUT2D eigenvalue weighted by atomic mass is 35.5. The summed E-state index contributed by atoms with van der Waals surface area (Å²) in [5, 5.41) is 7.29. The number of hydrogen-bond acceptors (Lipinski definition) is 12. The number of unbranched alkanes of at least 4 members (excludes halogenated alkanes) is 2. The Hall–Kier alpha value is -7.03. The lowest BCUT2D eigenvalue weighted by Crippen LogP contribution is -2.50. The second-order valence-electron chi connectivity index (χ2n) is 26.0. The number of thiophene rings is 1. The van der Waals surface area contributed by atoms with Crippen LogP contribution in [-0.2, 0) is 53.6 Å². The molecule has 5 aromatic carbocycles. The van der Waals surface area contributed by atoms with Crippen molar-refractivity contribution in [1.82, 2.24) is 29.4 Å². The fourth-order valence-corrected chi connectivity index (χ4v) is 14.8. The molecule has 3 saturated heterocycles. The number of aryl methyl sites for hydroxylation is 1. The minimum Gasteiger partial charge on any atom is -0.446 e. The predicted octanol–water partition coefficient (Wildman–Crippen LogP) is 14.6. The van der Waals surface area contributed by atoms with Crippen molar-refractivity contribution in [3.8, 4) is 11.1 Å². The van der Waals surface area contributed by atoms with Crippen LogP contribution in [0.3, 0.4) is 0 Å². The lowest BCUT2D eigenvalue weighted by Gasteiger charge is -2.44. The van der Waals surface area contributed by atoms with Crippen LogP contribution in [0.5, 0.6) is 0 Å². The van der Waals surface area contributed by atoms with E-state index in [0.29, 0.717) is 106 Å². The van der Waals surface area contributed by atoms with Crippen molar-refractivity contribution in [1.29, 1.82) is 0 Å². The number of carbonyl (C=O) groups is 5. The number of fused-ring (bicyclic) bond motifs is 2. The van der Waals surface area contributed by atoms with E-state index >= 15 is 0 Å². The maximum atomic E-state index is 14.3. The van der Waals surface area contributed by atoms with Gasteiger partial charge in [-0.25, -0.2) is 9.18 Å². The number of benzene rings is 5. The second kappa shape index (κ2) is 35.7. The Morgan fingerprint density at radius 3 is 2.01 bits per heavy atom. The Balaban J connectivity index is 0.00000468. The van der Waals surface area contributed by atoms with Crippen molar-refractivity contribution in [2.24, 2.45) is 0 Å². The molecule has 1 aromatic heterocycles. The smallest absolute Gasteiger partial charge is 0.416 e. The zero-order valence-electron chi connectivity index (χ0n) is 56.5. The lowest BCUT2D eigenvalue weighted by atomic mass is 9.72. The van der Waals surface area contributed by atoms with Gasteiger partial charge in [0.1, 0.15) is 30.9 Å². The first-order chi connectivity index (χ1) is 46.4. The number of nitrogens with one attached hydrogen (secondary N) is 2. The van der Waals surface area contributed by atoms with E-state index in [-0.39, 0.29) is 92.8 Å². The van der Waals surface area contributed by atoms with Crippen LogP contribution in [-0.4, -0.2) is 178 Å². The van der Waals surface area contributed by atoms with Crippen LogP contribution in [0.25, 0.3) is 11.1 Å². The van der Waals surface area contributed by atoms with Crippen LogP contribution in [0.15, 0.2) is 127 Å². The standard InChI is InChI=1S/C73H85F7N8O8S.3ClH/c1-50-42-63(81-32-14-6-9-22-64(89)84(3)40-41-86-35-27-58(28-36-86)96-69(93)82-61-21-13-11-19-59(61)51-16-7-5-8-17-51)97-66(50)68(92)85(4)34-15-33-83(2)65(90)47-94-62-45-52-18-10-12-20-60(52)70(62)29-37-87(38-30-70)39-31-71(54-23-25-57(74)26-24-54)48-88(49-95-71)67(91)53-43-55(72(75,76)77)46-56(44-53)73(78,79)80;;;/h5,7-8,10-13,16-21,23-26,42-44,46,58,62,81H,6,9,14-15,22,27-41,45,47-49H2,1-4H3,(H,82,93);3*1H/t62-,71+;;;/m0.../s1. The van der Waals surface area contributed by atoms with Crippen molar-refractivity contribution in [3.05, 3.63) is 177 Å². The molecule has 27 heteroatoms. The number of rotatable bonds is 26. The molecule has 2 atom stereocenters. The van der Waals surface area contributed by atoms with Crippen molar-refractivity contribution >= 4 is 89.0 Å². The number of carbonyl (C=O) groups excluding carboxylic acids is 5. The molecule has 3 fully saturated rings. The molecular weight excluding hydrogens is 1390 g/mol. The van der Waals surface area contributed by atoms with Gasteiger partial charge in [-0.2, -0.15) is 26.3 Å². The van der Waals surface area contributed by atoms with E-state index in [1.807, 2.05) is 86.8 Å². The molecule has 1 spiro atoms. The number of hydrogen-bond donors (Lipinski definition) is 2. The van der Waals surface area contributed by atoms with E-state index in [0.717, 1.165) is 89.5 Å². The summed E-state index contributed by atoms with van der Waals surface area (Å²) in [6.45, 7) is 7.22. The first-order valence-electron chi connectivity index (χ1n) is 33.2. The van der Waals surface area contributed by atoms with Crippen LogP contribution in [0.1, 0.15) is 118 Å². The van der Waals surface area contributed by atoms with Crippen molar-refractivity contribution in [2.45, 2.75) is 113 Å². The topological polar surface area (TPSA) is 157 Å². The maximum Gasteiger partial charge on any atom is 0.416 e. The van der Waals surface area contributed by atoms with E-state index in [2.05, 4.69) is 32.6 Å². The molecule has 6 aromatic rings. The number of likely N-dealkylation sites (tertiary alicyclic amines) is 2. The molecule has 0 unspecified atom stereocenters. The fraction of sp³-hybridized carbons (Fsp3) is 0.466. The summed E-state index contributed by atoms with van der Waals surface area (Å²) in [7, 11) is 5.33. The zero-order valence-corrected chi connectivity index (χ0v) is 59.7. The molecule has 0 saturated carbocycles. The van der Waals surface area contributed by atoms with Gasteiger partial charge in [-0.05, 0) is 148 Å². The monoisotopic (exact) mass is 1470 g/mol. The molecule has 1 aliphatic carbocycles. The van der Waals surface area contributed by atoms with Gasteiger partial charge in [-0.3, -0.25) is 24.5 Å². The van der Waals surface area contributed by atoms with Crippen molar-refractivity contribution < 1.29 is 68.9 Å². The van der Waals surface area contributed by atoms with E-state index in [1.165, 1.54) is 35.6 Å². The number of halogens is 10. The summed E-state index contributed by atoms with van der Waals surface area (Å²) >= 11 is 1.41. The molecule has 544 valence electrons. The fourth-order valence-electron chi connectivity index (χ4n) is 13.7. The average molecular weight is 1480 g/mol. The van der Waals surface area contributed by atoms with Gasteiger partial charge in [0.2, 0.25) is 11.8 Å². The summed E-state index contributed by atoms with van der Waals surface area (Å²) in [6.07, 6.45) is -4.07. The summed E-state index contributed by atoms with van der Waals surface area (Å²) in [5.41, 5.74) is 0.627. The molecule has 10 rings (SSSR count). The summed E-state index contributed by atoms with van der Waals surface area (Å²) in [4.78, 5) is 78.4. The number of amides is 5. The Morgan fingerprint density at radius 2 is 1.32 bits per heavy atom. The molecule has 4 heterocycles. The number of para-hydroxylation sites is 1. The van der Waals surface area contributed by atoms with Crippen LogP contribution < -0.4 is 10.6 Å². The van der Waals surface area contributed by atoms with Gasteiger partial charge in [-0.1, -0.05) is 91.3 Å². The predicted molar refractivity (Wildman–Crippen MR) is 379 cm³/mol. The normalized spacial score (nSPS) is 17.7. The van der Waals surface area contributed by atoms with E-state index in [4.69, 9.17) is 14.2 Å². The number of ether oxygens (including phenoxy) is 3. The Labute approximate surface area is 602 Å². The first-order valence-corrected chi connectivity index (χ1v) is 34.0. The third kappa shape index (κ3) is 20.2. The van der Waals surface area contributed by atoms with Crippen molar-refractivity contribution in [3.63, 3.8) is 0 Å². The molecule has 2 N–H and O–H groups in total. The van der Waals surface area contributed by atoms with E-state index in [1.54, 1.807) is 28.8 Å². The van der Waals surface area contributed by atoms with Gasteiger partial charge in [0, 0.05) is 96.5 Å². The average Bonchev–Trinajstić information content (AvgIpc) is 1.58. The lowest BCUT2D eigenvalue weighted by molar-refractivity contribution is -0.143. The largest absolute Gasteiger partial charge is 0.446 e. The number of anilines is 2. The Kier molecular flexibility index (Phi) is 28.7. The highest BCUT2D eigenvalue weighted by Crippen LogP contribution is 2.49. The van der Waals surface area contributed by atoms with Crippen LogP contribution in [0.2, 0.25) is 0 Å². The number of piperidine rings is 2. The third-order valence-corrected chi connectivity index (χ3v) is 20.7. The van der Waals surface area contributed by atoms with Gasteiger partial charge in [-0.15, -0.1) is 48.6 Å². The highest BCUT2D eigenvalue weighted by molar-refractivity contribution is 7.18. The van der Waals surface area contributed by atoms with Gasteiger partial charge in [0.25, 0.3) is 11.8 Å². The highest BCUT2D eigenvalue weighted by Gasteiger charge is 2.50. The third-order valence-electron chi connectivity index (χ3n) is 19.5. The van der Waals surface area contributed by atoms with Crippen LogP contribution in [0.4, 0.5) is 46.2 Å². The van der Waals surface area contributed by atoms with Gasteiger partial charge < -0.3 is 48.9 Å². The molecule has 0 bridgehead atoms. The van der Waals surface area contributed by atoms with E-state index < -0.39 is 64.6 Å². The van der Waals surface area contributed by atoms with Gasteiger partial charge in [0.05, 0.1) is 39.3 Å². The van der Waals surface area contributed by atoms with Gasteiger partial charge in [0.15, 0.2) is 0 Å². The molecule has 3 aliphatic heterocycles. The number of likely N-dealkylation sites (N-methyl/N-ethyl adjacent to an activating group) is 2.